The van der Waals surface area contributed by atoms with Crippen molar-refractivity contribution in [3.63, 3.8) is 0 Å². The van der Waals surface area contributed by atoms with Gasteiger partial charge in [0.15, 0.2) is 0 Å². The predicted molar refractivity (Wildman–Crippen MR) is 72.1 cm³/mol. The first-order valence-electron chi connectivity index (χ1n) is 5.83. The highest BCUT2D eigenvalue weighted by Gasteiger charge is 2.07. The van der Waals surface area contributed by atoms with E-state index in [2.05, 4.69) is 18.3 Å². The SMILES string of the molecule is CCc1cccc(OC)c1Nc1ccccc1. The van der Waals surface area contributed by atoms with Crippen LogP contribution in [0.5, 0.6) is 5.75 Å². The molecule has 0 spiro atoms. The van der Waals surface area contributed by atoms with Crippen LogP contribution in [-0.4, -0.2) is 7.11 Å². The molecule has 0 atom stereocenters. The molecular weight excluding hydrogens is 210 g/mol. The molecule has 0 amide bonds. The van der Waals surface area contributed by atoms with Crippen molar-refractivity contribution in [2.75, 3.05) is 12.4 Å². The summed E-state index contributed by atoms with van der Waals surface area (Å²) in [7, 11) is 1.70. The summed E-state index contributed by atoms with van der Waals surface area (Å²) < 4.78 is 5.40. The molecule has 2 aromatic rings. The minimum atomic E-state index is 0.883. The van der Waals surface area contributed by atoms with Crippen LogP contribution in [0.1, 0.15) is 12.5 Å². The number of para-hydroxylation sites is 2. The van der Waals surface area contributed by atoms with E-state index in [0.717, 1.165) is 23.5 Å². The van der Waals surface area contributed by atoms with E-state index >= 15 is 0 Å². The summed E-state index contributed by atoms with van der Waals surface area (Å²) in [5.41, 5.74) is 3.39. The number of ether oxygens (including phenoxy) is 1. The number of rotatable bonds is 4. The van der Waals surface area contributed by atoms with Gasteiger partial charge in [-0.3, -0.25) is 0 Å². The summed E-state index contributed by atoms with van der Waals surface area (Å²) in [6.07, 6.45) is 0.979. The molecule has 0 saturated heterocycles. The van der Waals surface area contributed by atoms with Crippen LogP contribution >= 0.6 is 0 Å². The second-order valence-corrected chi connectivity index (χ2v) is 3.84. The molecule has 2 nitrogen and oxygen atoms in total. The Bertz CT molecular complexity index is 457. The van der Waals surface area contributed by atoms with Crippen LogP contribution in [0.15, 0.2) is 48.5 Å². The van der Waals surface area contributed by atoms with E-state index < -0.39 is 0 Å². The summed E-state index contributed by atoms with van der Waals surface area (Å²) in [6, 6.07) is 16.3. The van der Waals surface area contributed by atoms with Gasteiger partial charge in [-0.05, 0) is 30.2 Å². The Morgan fingerprint density at radius 3 is 2.41 bits per heavy atom. The van der Waals surface area contributed by atoms with Gasteiger partial charge < -0.3 is 10.1 Å². The van der Waals surface area contributed by atoms with Crippen LogP contribution in [0.3, 0.4) is 0 Å². The molecule has 0 aliphatic rings. The Kier molecular flexibility index (Phi) is 3.66. The quantitative estimate of drug-likeness (QED) is 0.852. The topological polar surface area (TPSA) is 21.3 Å². The standard InChI is InChI=1S/C15H17NO/c1-3-12-8-7-11-14(17-2)15(12)16-13-9-5-4-6-10-13/h4-11,16H,3H2,1-2H3. The van der Waals surface area contributed by atoms with Gasteiger partial charge in [0.05, 0.1) is 12.8 Å². The van der Waals surface area contributed by atoms with Crippen LogP contribution in [-0.2, 0) is 6.42 Å². The molecule has 0 saturated carbocycles. The third kappa shape index (κ3) is 2.59. The molecule has 0 bridgehead atoms. The fourth-order valence-corrected chi connectivity index (χ4v) is 1.85. The fraction of sp³-hybridized carbons (Fsp3) is 0.200. The molecule has 88 valence electrons. The van der Waals surface area contributed by atoms with Crippen LogP contribution < -0.4 is 10.1 Å². The highest BCUT2D eigenvalue weighted by Crippen LogP contribution is 2.31. The number of aryl methyl sites for hydroxylation is 1. The number of hydrogen-bond acceptors (Lipinski definition) is 2. The normalized spacial score (nSPS) is 10.0. The second kappa shape index (κ2) is 5.39. The number of anilines is 2. The van der Waals surface area contributed by atoms with E-state index in [1.54, 1.807) is 7.11 Å². The Morgan fingerprint density at radius 2 is 1.76 bits per heavy atom. The van der Waals surface area contributed by atoms with Crippen molar-refractivity contribution in [2.45, 2.75) is 13.3 Å². The molecule has 0 aliphatic heterocycles. The highest BCUT2D eigenvalue weighted by molar-refractivity contribution is 5.70. The lowest BCUT2D eigenvalue weighted by Gasteiger charge is -2.14. The molecule has 0 aliphatic carbocycles. The van der Waals surface area contributed by atoms with E-state index in [1.165, 1.54) is 5.56 Å². The smallest absolute Gasteiger partial charge is 0.142 e. The maximum absolute atomic E-state index is 5.40. The average Bonchev–Trinajstić information content (AvgIpc) is 2.40. The van der Waals surface area contributed by atoms with E-state index in [9.17, 15) is 0 Å². The minimum absolute atomic E-state index is 0.883. The maximum atomic E-state index is 5.40. The molecular formula is C15H17NO. The summed E-state index contributed by atoms with van der Waals surface area (Å²) in [6.45, 7) is 2.14. The van der Waals surface area contributed by atoms with Crippen LogP contribution in [0.2, 0.25) is 0 Å². The lowest BCUT2D eigenvalue weighted by atomic mass is 10.1. The van der Waals surface area contributed by atoms with Gasteiger partial charge in [-0.25, -0.2) is 0 Å². The molecule has 17 heavy (non-hydrogen) atoms. The molecule has 2 heteroatoms. The summed E-state index contributed by atoms with van der Waals surface area (Å²) in [4.78, 5) is 0. The van der Waals surface area contributed by atoms with Crippen molar-refractivity contribution in [1.82, 2.24) is 0 Å². The van der Waals surface area contributed by atoms with Crippen LogP contribution in [0, 0.1) is 0 Å². The molecule has 2 rings (SSSR count). The van der Waals surface area contributed by atoms with Crippen molar-refractivity contribution in [2.24, 2.45) is 0 Å². The Morgan fingerprint density at radius 1 is 1.00 bits per heavy atom. The zero-order valence-electron chi connectivity index (χ0n) is 10.2. The number of nitrogens with one attached hydrogen (secondary N) is 1. The van der Waals surface area contributed by atoms with E-state index in [4.69, 9.17) is 4.74 Å². The van der Waals surface area contributed by atoms with Crippen molar-refractivity contribution >= 4 is 11.4 Å². The third-order valence-electron chi connectivity index (χ3n) is 2.76. The summed E-state index contributed by atoms with van der Waals surface area (Å²) in [5, 5.41) is 3.42. The van der Waals surface area contributed by atoms with Gasteiger partial charge in [0.2, 0.25) is 0 Å². The predicted octanol–water partition coefficient (Wildman–Crippen LogP) is 4.00. The largest absolute Gasteiger partial charge is 0.495 e. The lowest BCUT2D eigenvalue weighted by molar-refractivity contribution is 0.416. The fourth-order valence-electron chi connectivity index (χ4n) is 1.85. The minimum Gasteiger partial charge on any atom is -0.495 e. The second-order valence-electron chi connectivity index (χ2n) is 3.84. The van der Waals surface area contributed by atoms with Gasteiger partial charge >= 0.3 is 0 Å². The van der Waals surface area contributed by atoms with Crippen molar-refractivity contribution in [3.8, 4) is 5.75 Å². The lowest BCUT2D eigenvalue weighted by Crippen LogP contribution is -1.98. The first kappa shape index (κ1) is 11.5. The third-order valence-corrected chi connectivity index (χ3v) is 2.76. The molecule has 0 aromatic heterocycles. The van der Waals surface area contributed by atoms with E-state index in [-0.39, 0.29) is 0 Å². The number of hydrogen-bond donors (Lipinski definition) is 1. The number of methoxy groups -OCH3 is 1. The van der Waals surface area contributed by atoms with Crippen LogP contribution in [0.4, 0.5) is 11.4 Å². The first-order chi connectivity index (χ1) is 8.35. The molecule has 0 radical (unpaired) electrons. The Hall–Kier alpha value is -1.96. The zero-order chi connectivity index (χ0) is 12.1. The average molecular weight is 227 g/mol. The monoisotopic (exact) mass is 227 g/mol. The van der Waals surface area contributed by atoms with E-state index in [1.807, 2.05) is 42.5 Å². The molecule has 0 fully saturated rings. The van der Waals surface area contributed by atoms with Gasteiger partial charge in [-0.2, -0.15) is 0 Å². The van der Waals surface area contributed by atoms with Crippen molar-refractivity contribution < 1.29 is 4.74 Å². The molecule has 1 N–H and O–H groups in total. The van der Waals surface area contributed by atoms with Crippen LogP contribution in [0.25, 0.3) is 0 Å². The van der Waals surface area contributed by atoms with Crippen molar-refractivity contribution in [3.05, 3.63) is 54.1 Å². The molecule has 0 unspecified atom stereocenters. The van der Waals surface area contributed by atoms with Gasteiger partial charge in [0.25, 0.3) is 0 Å². The Labute approximate surface area is 102 Å². The van der Waals surface area contributed by atoms with Gasteiger partial charge in [-0.1, -0.05) is 37.3 Å². The first-order valence-corrected chi connectivity index (χ1v) is 5.83. The maximum Gasteiger partial charge on any atom is 0.142 e. The van der Waals surface area contributed by atoms with Gasteiger partial charge in [0, 0.05) is 5.69 Å². The van der Waals surface area contributed by atoms with E-state index in [0.29, 0.717) is 0 Å². The molecule has 0 heterocycles. The van der Waals surface area contributed by atoms with Gasteiger partial charge in [-0.15, -0.1) is 0 Å². The summed E-state index contributed by atoms with van der Waals surface area (Å²) in [5.74, 6) is 0.883. The Balaban J connectivity index is 2.37. The van der Waals surface area contributed by atoms with Gasteiger partial charge in [0.1, 0.15) is 5.75 Å². The molecule has 2 aromatic carbocycles. The number of benzene rings is 2. The zero-order valence-corrected chi connectivity index (χ0v) is 10.2. The highest BCUT2D eigenvalue weighted by atomic mass is 16.5. The summed E-state index contributed by atoms with van der Waals surface area (Å²) >= 11 is 0. The van der Waals surface area contributed by atoms with Crippen molar-refractivity contribution in [1.29, 1.82) is 0 Å².